The van der Waals surface area contributed by atoms with Crippen molar-refractivity contribution in [3.8, 4) is 0 Å². The highest BCUT2D eigenvalue weighted by Crippen LogP contribution is 2.40. The number of piperazine rings is 1. The first-order valence-corrected chi connectivity index (χ1v) is 9.58. The van der Waals surface area contributed by atoms with Gasteiger partial charge in [-0.2, -0.15) is 0 Å². The summed E-state index contributed by atoms with van der Waals surface area (Å²) in [5.41, 5.74) is 5.02. The molecular weight excluding hydrogens is 339 g/mol. The lowest BCUT2D eigenvalue weighted by Crippen LogP contribution is -2.44. The third-order valence-corrected chi connectivity index (χ3v) is 5.78. The predicted molar refractivity (Wildman–Crippen MR) is 109 cm³/mol. The average molecular weight is 362 g/mol. The molecule has 138 valence electrons. The summed E-state index contributed by atoms with van der Waals surface area (Å²) in [6, 6.07) is 13.9. The molecule has 0 spiro atoms. The molecule has 0 radical (unpaired) electrons. The Balaban J connectivity index is 1.51. The van der Waals surface area contributed by atoms with Gasteiger partial charge >= 0.3 is 0 Å². The van der Waals surface area contributed by atoms with Crippen molar-refractivity contribution in [3.05, 3.63) is 60.0 Å². The summed E-state index contributed by atoms with van der Waals surface area (Å²) in [4.78, 5) is 11.2. The third kappa shape index (κ3) is 2.82. The Kier molecular flexibility index (Phi) is 3.97. The number of aromatic nitrogens is 1. The second-order valence-electron chi connectivity index (χ2n) is 7.48. The van der Waals surface area contributed by atoms with Crippen LogP contribution in [0.3, 0.4) is 0 Å². The summed E-state index contributed by atoms with van der Waals surface area (Å²) in [7, 11) is 2.11. The summed E-state index contributed by atoms with van der Waals surface area (Å²) in [6.45, 7) is 4.54. The Labute approximate surface area is 158 Å². The molecule has 2 aliphatic heterocycles. The fraction of sp³-hybridized carbons (Fsp3) is 0.318. The quantitative estimate of drug-likeness (QED) is 0.691. The lowest BCUT2D eigenvalue weighted by atomic mass is 10.1. The number of fused-ring (bicyclic) bond motifs is 3. The van der Waals surface area contributed by atoms with E-state index in [9.17, 15) is 4.39 Å². The molecule has 3 heterocycles. The maximum absolute atomic E-state index is 15.0. The molecule has 0 saturated carbocycles. The molecule has 0 N–H and O–H groups in total. The van der Waals surface area contributed by atoms with E-state index < -0.39 is 0 Å². The molecule has 3 aromatic rings. The van der Waals surface area contributed by atoms with Gasteiger partial charge in [0.15, 0.2) is 0 Å². The normalized spacial score (nSPS) is 17.6. The number of halogens is 1. The van der Waals surface area contributed by atoms with Crippen LogP contribution in [-0.2, 0) is 6.42 Å². The van der Waals surface area contributed by atoms with E-state index in [0.29, 0.717) is 5.69 Å². The smallest absolute Gasteiger partial charge is 0.148 e. The Hall–Kier alpha value is -2.66. The topological polar surface area (TPSA) is 22.6 Å². The van der Waals surface area contributed by atoms with E-state index in [2.05, 4.69) is 38.9 Å². The van der Waals surface area contributed by atoms with Gasteiger partial charge in [0.2, 0.25) is 0 Å². The highest BCUT2D eigenvalue weighted by molar-refractivity contribution is 5.96. The van der Waals surface area contributed by atoms with Crippen molar-refractivity contribution in [2.45, 2.75) is 6.42 Å². The number of hydrogen-bond donors (Lipinski definition) is 0. The Morgan fingerprint density at radius 3 is 2.59 bits per heavy atom. The van der Waals surface area contributed by atoms with Gasteiger partial charge in [-0.25, -0.2) is 4.39 Å². The van der Waals surface area contributed by atoms with Crippen molar-refractivity contribution >= 4 is 28.0 Å². The van der Waals surface area contributed by atoms with E-state index in [0.717, 1.165) is 55.7 Å². The van der Waals surface area contributed by atoms with Crippen LogP contribution in [0.4, 0.5) is 21.5 Å². The zero-order chi connectivity index (χ0) is 18.4. The van der Waals surface area contributed by atoms with E-state index in [1.165, 1.54) is 11.3 Å². The molecule has 2 aromatic carbocycles. The molecule has 4 nitrogen and oxygen atoms in total. The minimum atomic E-state index is -0.135. The van der Waals surface area contributed by atoms with Crippen LogP contribution >= 0.6 is 0 Å². The Morgan fingerprint density at radius 1 is 0.963 bits per heavy atom. The van der Waals surface area contributed by atoms with Crippen LogP contribution in [0.1, 0.15) is 5.56 Å². The maximum Gasteiger partial charge on any atom is 0.148 e. The number of anilines is 3. The van der Waals surface area contributed by atoms with Gasteiger partial charge in [0, 0.05) is 50.0 Å². The lowest BCUT2D eigenvalue weighted by molar-refractivity contribution is 0.311. The van der Waals surface area contributed by atoms with E-state index in [1.54, 1.807) is 6.07 Å². The number of nitrogens with zero attached hydrogens (tertiary/aromatic N) is 4. The maximum atomic E-state index is 15.0. The molecule has 1 aromatic heterocycles. The fourth-order valence-electron chi connectivity index (χ4n) is 4.24. The molecule has 5 rings (SSSR count). The molecule has 0 aliphatic carbocycles. The summed E-state index contributed by atoms with van der Waals surface area (Å²) in [6.07, 6.45) is 2.90. The van der Waals surface area contributed by atoms with Crippen molar-refractivity contribution in [3.63, 3.8) is 0 Å². The van der Waals surface area contributed by atoms with Crippen LogP contribution in [0, 0.1) is 5.82 Å². The minimum absolute atomic E-state index is 0.135. The molecule has 1 fully saturated rings. The zero-order valence-corrected chi connectivity index (χ0v) is 15.5. The van der Waals surface area contributed by atoms with Crippen LogP contribution in [0.25, 0.3) is 10.9 Å². The van der Waals surface area contributed by atoms with Crippen molar-refractivity contribution in [1.82, 2.24) is 9.88 Å². The molecule has 0 bridgehead atoms. The van der Waals surface area contributed by atoms with Gasteiger partial charge in [-0.3, -0.25) is 4.98 Å². The first kappa shape index (κ1) is 16.5. The number of likely N-dealkylation sites (N-methyl/N-ethyl adjacent to an activating group) is 1. The van der Waals surface area contributed by atoms with Gasteiger partial charge in [0.1, 0.15) is 5.82 Å². The standard InChI is InChI=1S/C22H23FN4/c1-25-10-12-26(13-11-25)21-7-6-17(14-19(21)23)27-9-8-16-15-24-20-5-3-2-4-18(20)22(16)27/h2-7,14-15H,8-13H2,1H3. The van der Waals surface area contributed by atoms with Crippen LogP contribution < -0.4 is 9.80 Å². The monoisotopic (exact) mass is 362 g/mol. The first-order valence-electron chi connectivity index (χ1n) is 9.58. The highest BCUT2D eigenvalue weighted by atomic mass is 19.1. The van der Waals surface area contributed by atoms with E-state index in [4.69, 9.17) is 0 Å². The molecule has 0 amide bonds. The van der Waals surface area contributed by atoms with Gasteiger partial charge in [-0.1, -0.05) is 18.2 Å². The zero-order valence-electron chi connectivity index (χ0n) is 15.5. The highest BCUT2D eigenvalue weighted by Gasteiger charge is 2.25. The average Bonchev–Trinajstić information content (AvgIpc) is 3.13. The molecular formula is C22H23FN4. The van der Waals surface area contributed by atoms with Crippen molar-refractivity contribution in [2.24, 2.45) is 0 Å². The van der Waals surface area contributed by atoms with Crippen LogP contribution in [-0.4, -0.2) is 49.7 Å². The van der Waals surface area contributed by atoms with E-state index >= 15 is 0 Å². The molecule has 5 heteroatoms. The number of hydrogen-bond acceptors (Lipinski definition) is 4. The van der Waals surface area contributed by atoms with Gasteiger partial charge < -0.3 is 14.7 Å². The van der Waals surface area contributed by atoms with Crippen molar-refractivity contribution in [1.29, 1.82) is 0 Å². The van der Waals surface area contributed by atoms with Crippen LogP contribution in [0.5, 0.6) is 0 Å². The summed E-state index contributed by atoms with van der Waals surface area (Å²) < 4.78 is 15.0. The fourth-order valence-corrected chi connectivity index (χ4v) is 4.24. The molecule has 0 unspecified atom stereocenters. The number of para-hydroxylation sites is 1. The van der Waals surface area contributed by atoms with Gasteiger partial charge in [-0.15, -0.1) is 0 Å². The summed E-state index contributed by atoms with van der Waals surface area (Å²) >= 11 is 0. The van der Waals surface area contributed by atoms with Gasteiger partial charge in [-0.05, 0) is 43.3 Å². The largest absolute Gasteiger partial charge is 0.367 e. The number of pyridine rings is 1. The van der Waals surface area contributed by atoms with Crippen LogP contribution in [0.15, 0.2) is 48.7 Å². The second kappa shape index (κ2) is 6.50. The van der Waals surface area contributed by atoms with Crippen LogP contribution in [0.2, 0.25) is 0 Å². The minimum Gasteiger partial charge on any atom is -0.367 e. The Morgan fingerprint density at radius 2 is 1.78 bits per heavy atom. The first-order chi connectivity index (χ1) is 13.2. The SMILES string of the molecule is CN1CCN(c2ccc(N3CCc4cnc5ccccc5c43)cc2F)CC1. The molecule has 0 atom stereocenters. The summed E-state index contributed by atoms with van der Waals surface area (Å²) in [5.74, 6) is -0.135. The van der Waals surface area contributed by atoms with E-state index in [-0.39, 0.29) is 5.82 Å². The third-order valence-electron chi connectivity index (χ3n) is 5.78. The second-order valence-corrected chi connectivity index (χ2v) is 7.48. The molecule has 27 heavy (non-hydrogen) atoms. The predicted octanol–water partition coefficient (Wildman–Crippen LogP) is 3.82. The number of rotatable bonds is 2. The van der Waals surface area contributed by atoms with E-state index in [1.807, 2.05) is 30.5 Å². The van der Waals surface area contributed by atoms with Gasteiger partial charge in [0.25, 0.3) is 0 Å². The van der Waals surface area contributed by atoms with Crippen molar-refractivity contribution < 1.29 is 4.39 Å². The summed E-state index contributed by atoms with van der Waals surface area (Å²) in [5, 5.41) is 1.14. The van der Waals surface area contributed by atoms with Gasteiger partial charge in [0.05, 0.1) is 16.9 Å². The van der Waals surface area contributed by atoms with Crippen molar-refractivity contribution in [2.75, 3.05) is 49.6 Å². The molecule has 1 saturated heterocycles. The number of benzene rings is 2. The lowest BCUT2D eigenvalue weighted by Gasteiger charge is -2.34. The molecule has 2 aliphatic rings. The Bertz CT molecular complexity index is 995.